The molecular weight excluding hydrogens is 238 g/mol. The lowest BCUT2D eigenvalue weighted by Gasteiger charge is -2.20. The molecule has 1 fully saturated rings. The van der Waals surface area contributed by atoms with Gasteiger partial charge in [0.25, 0.3) is 0 Å². The number of aromatic nitrogens is 2. The number of nitrogens with one attached hydrogen (secondary N) is 1. The van der Waals surface area contributed by atoms with Gasteiger partial charge in [0.05, 0.1) is 16.7 Å². The van der Waals surface area contributed by atoms with Gasteiger partial charge in [-0.15, -0.1) is 0 Å². The van der Waals surface area contributed by atoms with Crippen LogP contribution in [0.1, 0.15) is 25.0 Å². The van der Waals surface area contributed by atoms with E-state index < -0.39 is 0 Å². The zero-order chi connectivity index (χ0) is 13.2. The van der Waals surface area contributed by atoms with E-state index in [0.717, 1.165) is 35.4 Å². The lowest BCUT2D eigenvalue weighted by molar-refractivity contribution is 0.222. The van der Waals surface area contributed by atoms with Crippen LogP contribution in [0.15, 0.2) is 24.3 Å². The molecule has 2 unspecified atom stereocenters. The summed E-state index contributed by atoms with van der Waals surface area (Å²) in [6.45, 7) is 2.22. The Kier molecular flexibility index (Phi) is 3.34. The quantitative estimate of drug-likeness (QED) is 0.887. The number of para-hydroxylation sites is 2. The summed E-state index contributed by atoms with van der Waals surface area (Å²) in [6.07, 6.45) is 3.36. The first-order valence-electron chi connectivity index (χ1n) is 6.88. The third-order valence-corrected chi connectivity index (χ3v) is 3.96. The molecule has 100 valence electrons. The largest absolute Gasteiger partial charge is 0.396 e. The van der Waals surface area contributed by atoms with Crippen molar-refractivity contribution in [1.29, 1.82) is 0 Å². The molecule has 0 spiro atoms. The fourth-order valence-electron chi connectivity index (χ4n) is 2.85. The molecule has 1 aromatic heterocycles. The highest BCUT2D eigenvalue weighted by atomic mass is 16.3. The predicted molar refractivity (Wildman–Crippen MR) is 76.1 cm³/mol. The second-order valence-corrected chi connectivity index (χ2v) is 5.27. The molecule has 2 N–H and O–H groups in total. The Morgan fingerprint density at radius 1 is 1.21 bits per heavy atom. The molecule has 1 aliphatic rings. The molecule has 2 atom stereocenters. The summed E-state index contributed by atoms with van der Waals surface area (Å²) in [5, 5.41) is 12.8. The van der Waals surface area contributed by atoms with E-state index in [1.807, 2.05) is 31.2 Å². The van der Waals surface area contributed by atoms with Crippen LogP contribution in [0.4, 0.5) is 5.82 Å². The van der Waals surface area contributed by atoms with E-state index in [4.69, 9.17) is 0 Å². The number of hydrogen-bond donors (Lipinski definition) is 2. The molecule has 0 saturated heterocycles. The van der Waals surface area contributed by atoms with Crippen molar-refractivity contribution in [3.8, 4) is 0 Å². The minimum Gasteiger partial charge on any atom is -0.396 e. The van der Waals surface area contributed by atoms with E-state index in [1.54, 1.807) is 0 Å². The summed E-state index contributed by atoms with van der Waals surface area (Å²) in [5.41, 5.74) is 2.76. The van der Waals surface area contributed by atoms with E-state index in [2.05, 4.69) is 15.3 Å². The van der Waals surface area contributed by atoms with Crippen LogP contribution in [0.3, 0.4) is 0 Å². The van der Waals surface area contributed by atoms with Gasteiger partial charge in [-0.2, -0.15) is 0 Å². The molecule has 0 radical (unpaired) electrons. The third-order valence-electron chi connectivity index (χ3n) is 3.96. The Bertz CT molecular complexity index is 585. The summed E-state index contributed by atoms with van der Waals surface area (Å²) in [4.78, 5) is 9.23. The molecular formula is C15H19N3O. The first-order chi connectivity index (χ1) is 9.28. The van der Waals surface area contributed by atoms with E-state index >= 15 is 0 Å². The van der Waals surface area contributed by atoms with Gasteiger partial charge in [0.1, 0.15) is 5.82 Å². The minimum absolute atomic E-state index is 0.248. The van der Waals surface area contributed by atoms with Crippen LogP contribution in [0.2, 0.25) is 0 Å². The minimum atomic E-state index is 0.248. The molecule has 1 saturated carbocycles. The van der Waals surface area contributed by atoms with Gasteiger partial charge >= 0.3 is 0 Å². The number of aliphatic hydroxyl groups excluding tert-OH is 1. The lowest BCUT2D eigenvalue weighted by Crippen LogP contribution is -2.27. The summed E-state index contributed by atoms with van der Waals surface area (Å²) in [7, 11) is 0. The second kappa shape index (κ2) is 5.13. The Labute approximate surface area is 112 Å². The lowest BCUT2D eigenvalue weighted by atomic mass is 10.1. The zero-order valence-corrected chi connectivity index (χ0v) is 11.1. The maximum Gasteiger partial charge on any atom is 0.148 e. The fraction of sp³-hybridized carbons (Fsp3) is 0.467. The van der Waals surface area contributed by atoms with Crippen LogP contribution in [0, 0.1) is 12.8 Å². The average molecular weight is 257 g/mol. The van der Waals surface area contributed by atoms with Gasteiger partial charge in [-0.3, -0.25) is 0 Å². The van der Waals surface area contributed by atoms with Gasteiger partial charge < -0.3 is 10.4 Å². The second-order valence-electron chi connectivity index (χ2n) is 5.27. The van der Waals surface area contributed by atoms with E-state index in [9.17, 15) is 5.11 Å². The topological polar surface area (TPSA) is 58.0 Å². The number of rotatable bonds is 3. The number of aliphatic hydroxyl groups is 1. The number of aryl methyl sites for hydroxylation is 1. The number of nitrogens with zero attached hydrogens (tertiary/aromatic N) is 2. The van der Waals surface area contributed by atoms with Crippen molar-refractivity contribution in [2.45, 2.75) is 32.2 Å². The van der Waals surface area contributed by atoms with Crippen molar-refractivity contribution in [3.63, 3.8) is 0 Å². The molecule has 19 heavy (non-hydrogen) atoms. The molecule has 0 aliphatic heterocycles. The van der Waals surface area contributed by atoms with Gasteiger partial charge in [-0.05, 0) is 31.9 Å². The maximum atomic E-state index is 9.38. The summed E-state index contributed by atoms with van der Waals surface area (Å²) in [5.74, 6) is 1.19. The van der Waals surface area contributed by atoms with E-state index in [-0.39, 0.29) is 6.61 Å². The zero-order valence-electron chi connectivity index (χ0n) is 11.1. The summed E-state index contributed by atoms with van der Waals surface area (Å²) in [6, 6.07) is 8.22. The number of fused-ring (bicyclic) bond motifs is 1. The van der Waals surface area contributed by atoms with Gasteiger partial charge in [-0.25, -0.2) is 9.97 Å². The van der Waals surface area contributed by atoms with Crippen molar-refractivity contribution in [1.82, 2.24) is 9.97 Å². The van der Waals surface area contributed by atoms with Gasteiger partial charge in [0.2, 0.25) is 0 Å². The smallest absolute Gasteiger partial charge is 0.148 e. The molecule has 0 amide bonds. The highest BCUT2D eigenvalue weighted by Crippen LogP contribution is 2.28. The molecule has 1 heterocycles. The van der Waals surface area contributed by atoms with Crippen LogP contribution >= 0.6 is 0 Å². The Morgan fingerprint density at radius 2 is 1.95 bits per heavy atom. The van der Waals surface area contributed by atoms with Crippen LogP contribution in [0.5, 0.6) is 0 Å². The van der Waals surface area contributed by atoms with E-state index in [0.29, 0.717) is 12.0 Å². The van der Waals surface area contributed by atoms with E-state index in [1.165, 1.54) is 6.42 Å². The Hall–Kier alpha value is -1.68. The molecule has 2 aromatic rings. The number of benzene rings is 1. The Balaban J connectivity index is 1.90. The molecule has 1 aliphatic carbocycles. The molecule has 4 nitrogen and oxygen atoms in total. The Morgan fingerprint density at radius 3 is 2.68 bits per heavy atom. The van der Waals surface area contributed by atoms with Crippen molar-refractivity contribution >= 4 is 16.9 Å². The van der Waals surface area contributed by atoms with Gasteiger partial charge in [0.15, 0.2) is 0 Å². The molecule has 1 aromatic carbocycles. The summed E-state index contributed by atoms with van der Waals surface area (Å²) < 4.78 is 0. The molecule has 3 rings (SSSR count). The van der Waals surface area contributed by atoms with Crippen molar-refractivity contribution in [2.75, 3.05) is 11.9 Å². The van der Waals surface area contributed by atoms with Crippen LogP contribution in [-0.4, -0.2) is 27.7 Å². The third kappa shape index (κ3) is 2.40. The number of anilines is 1. The maximum absolute atomic E-state index is 9.38. The molecule has 4 heteroatoms. The predicted octanol–water partition coefficient (Wildman–Crippen LogP) is 2.51. The highest BCUT2D eigenvalue weighted by molar-refractivity contribution is 5.76. The highest BCUT2D eigenvalue weighted by Gasteiger charge is 2.27. The normalized spacial score (nSPS) is 22.8. The first kappa shape index (κ1) is 12.4. The van der Waals surface area contributed by atoms with Crippen LogP contribution in [-0.2, 0) is 0 Å². The van der Waals surface area contributed by atoms with Crippen LogP contribution < -0.4 is 5.32 Å². The standard InChI is InChI=1S/C15H19N3O/c1-10-15(17-12-8-4-5-11(12)9-19)18-14-7-3-2-6-13(14)16-10/h2-3,6-7,11-12,19H,4-5,8-9H2,1H3,(H,17,18). The van der Waals surface area contributed by atoms with Crippen molar-refractivity contribution in [3.05, 3.63) is 30.0 Å². The van der Waals surface area contributed by atoms with Gasteiger partial charge in [-0.1, -0.05) is 18.6 Å². The number of hydrogen-bond acceptors (Lipinski definition) is 4. The van der Waals surface area contributed by atoms with Gasteiger partial charge in [0, 0.05) is 18.6 Å². The first-order valence-corrected chi connectivity index (χ1v) is 6.88. The van der Waals surface area contributed by atoms with Crippen LogP contribution in [0.25, 0.3) is 11.0 Å². The monoisotopic (exact) mass is 257 g/mol. The van der Waals surface area contributed by atoms with Crippen molar-refractivity contribution < 1.29 is 5.11 Å². The SMILES string of the molecule is Cc1nc2ccccc2nc1NC1CCCC1CO. The fourth-order valence-corrected chi connectivity index (χ4v) is 2.85. The average Bonchev–Trinajstić information content (AvgIpc) is 2.87. The molecule has 0 bridgehead atoms. The summed E-state index contributed by atoms with van der Waals surface area (Å²) >= 11 is 0. The van der Waals surface area contributed by atoms with Crippen molar-refractivity contribution in [2.24, 2.45) is 5.92 Å².